The molecule has 2 nitrogen and oxygen atoms in total. The molecule has 1 unspecified atom stereocenters. The third-order valence-corrected chi connectivity index (χ3v) is 4.52. The minimum Gasteiger partial charge on any atom is -0.391 e. The van der Waals surface area contributed by atoms with Crippen LogP contribution in [0.25, 0.3) is 0 Å². The maximum Gasteiger partial charge on any atom is 0.0715 e. The number of anilines is 1. The lowest BCUT2D eigenvalue weighted by Crippen LogP contribution is -2.22. The molecule has 1 atom stereocenters. The average molecular weight is 380 g/mol. The molecule has 0 aromatic heterocycles. The van der Waals surface area contributed by atoms with Crippen molar-refractivity contribution in [2.24, 2.45) is 5.92 Å². The summed E-state index contributed by atoms with van der Waals surface area (Å²) >= 11 is 8.37. The molecule has 1 fully saturated rings. The van der Waals surface area contributed by atoms with E-state index in [9.17, 15) is 5.11 Å². The van der Waals surface area contributed by atoms with Crippen molar-refractivity contribution in [3.05, 3.63) is 26.8 Å². The monoisotopic (exact) mass is 379 g/mol. The van der Waals surface area contributed by atoms with Crippen LogP contribution < -0.4 is 5.32 Å². The van der Waals surface area contributed by atoms with Gasteiger partial charge in [-0.3, -0.25) is 0 Å². The molecule has 1 saturated carbocycles. The summed E-state index contributed by atoms with van der Waals surface area (Å²) < 4.78 is 1.12. The number of hydrogen-bond donors (Lipinski definition) is 2. The Kier molecular flexibility index (Phi) is 5.57. The highest BCUT2D eigenvalue weighted by molar-refractivity contribution is 14.1. The summed E-state index contributed by atoms with van der Waals surface area (Å²) in [6.07, 6.45) is 5.85. The molecular formula is C14H19ClINO. The molecule has 2 N–H and O–H groups in total. The van der Waals surface area contributed by atoms with Crippen LogP contribution >= 0.6 is 34.2 Å². The first-order valence-corrected chi connectivity index (χ1v) is 7.98. The van der Waals surface area contributed by atoms with Gasteiger partial charge in [-0.15, -0.1) is 0 Å². The lowest BCUT2D eigenvalue weighted by molar-refractivity contribution is 0.155. The Morgan fingerprint density at radius 3 is 2.78 bits per heavy atom. The highest BCUT2D eigenvalue weighted by Crippen LogP contribution is 2.29. The maximum absolute atomic E-state index is 10.0. The van der Waals surface area contributed by atoms with Crippen LogP contribution in [-0.4, -0.2) is 17.8 Å². The molecule has 0 radical (unpaired) electrons. The summed E-state index contributed by atoms with van der Waals surface area (Å²) in [5.41, 5.74) is 0.905. The molecule has 100 valence electrons. The minimum atomic E-state index is -0.275. The molecule has 0 saturated heterocycles. The lowest BCUT2D eigenvalue weighted by Gasteiger charge is -2.17. The lowest BCUT2D eigenvalue weighted by atomic mass is 10.00. The number of aliphatic hydroxyl groups is 1. The molecule has 0 amide bonds. The van der Waals surface area contributed by atoms with E-state index in [1.807, 2.05) is 18.2 Å². The van der Waals surface area contributed by atoms with Gasteiger partial charge in [-0.25, -0.2) is 0 Å². The van der Waals surface area contributed by atoms with Gasteiger partial charge in [0.2, 0.25) is 0 Å². The van der Waals surface area contributed by atoms with E-state index in [1.165, 1.54) is 25.7 Å². The van der Waals surface area contributed by atoms with E-state index in [1.54, 1.807) is 0 Å². The van der Waals surface area contributed by atoms with Crippen molar-refractivity contribution in [1.29, 1.82) is 0 Å². The zero-order chi connectivity index (χ0) is 13.0. The second-order valence-electron chi connectivity index (χ2n) is 5.05. The number of rotatable bonds is 5. The molecule has 18 heavy (non-hydrogen) atoms. The molecule has 1 aliphatic carbocycles. The van der Waals surface area contributed by atoms with E-state index in [0.717, 1.165) is 20.7 Å². The zero-order valence-corrected chi connectivity index (χ0v) is 13.2. The van der Waals surface area contributed by atoms with Crippen LogP contribution in [0.15, 0.2) is 18.2 Å². The van der Waals surface area contributed by atoms with Crippen LogP contribution in [0.2, 0.25) is 5.02 Å². The van der Waals surface area contributed by atoms with Crippen molar-refractivity contribution in [2.75, 3.05) is 11.9 Å². The van der Waals surface area contributed by atoms with Crippen LogP contribution in [0.4, 0.5) is 5.69 Å². The molecule has 0 bridgehead atoms. The van der Waals surface area contributed by atoms with E-state index in [4.69, 9.17) is 11.6 Å². The minimum absolute atomic E-state index is 0.275. The Morgan fingerprint density at radius 1 is 1.39 bits per heavy atom. The highest BCUT2D eigenvalue weighted by Gasteiger charge is 2.18. The van der Waals surface area contributed by atoms with Crippen molar-refractivity contribution in [1.82, 2.24) is 0 Å². The third kappa shape index (κ3) is 4.28. The van der Waals surface area contributed by atoms with Crippen LogP contribution in [0, 0.1) is 9.49 Å². The Labute approximate surface area is 127 Å². The van der Waals surface area contributed by atoms with E-state index >= 15 is 0 Å². The van der Waals surface area contributed by atoms with Gasteiger partial charge in [0, 0.05) is 10.1 Å². The van der Waals surface area contributed by atoms with E-state index < -0.39 is 0 Å². The summed E-state index contributed by atoms with van der Waals surface area (Å²) in [7, 11) is 0. The van der Waals surface area contributed by atoms with Gasteiger partial charge in [0.15, 0.2) is 0 Å². The third-order valence-electron chi connectivity index (χ3n) is 3.54. The highest BCUT2D eigenvalue weighted by atomic mass is 127. The molecule has 0 aliphatic heterocycles. The molecule has 1 aromatic rings. The molecule has 2 rings (SSSR count). The maximum atomic E-state index is 10.0. The van der Waals surface area contributed by atoms with Crippen molar-refractivity contribution in [3.63, 3.8) is 0 Å². The van der Waals surface area contributed by atoms with Gasteiger partial charge in [0.25, 0.3) is 0 Å². The van der Waals surface area contributed by atoms with Crippen LogP contribution in [0.1, 0.15) is 32.1 Å². The largest absolute Gasteiger partial charge is 0.391 e. The number of aliphatic hydroxyl groups excluding tert-OH is 1. The summed E-state index contributed by atoms with van der Waals surface area (Å²) in [6.45, 7) is 0.580. The fraction of sp³-hybridized carbons (Fsp3) is 0.571. The first kappa shape index (κ1) is 14.4. The fourth-order valence-electron chi connectivity index (χ4n) is 2.57. The normalized spacial score (nSPS) is 17.9. The Hall–Kier alpha value is -0.0000000000000000555. The Morgan fingerprint density at radius 2 is 2.11 bits per heavy atom. The summed E-state index contributed by atoms with van der Waals surface area (Å²) in [5.74, 6) is 0.717. The van der Waals surface area contributed by atoms with Gasteiger partial charge < -0.3 is 10.4 Å². The average Bonchev–Trinajstić information content (AvgIpc) is 2.80. The van der Waals surface area contributed by atoms with Gasteiger partial charge in [-0.05, 0) is 53.1 Å². The van der Waals surface area contributed by atoms with Crippen molar-refractivity contribution >= 4 is 39.9 Å². The SMILES string of the molecule is OC(CNc1ccc(I)cc1Cl)CC1CCCC1. The zero-order valence-electron chi connectivity index (χ0n) is 10.3. The predicted molar refractivity (Wildman–Crippen MR) is 85.2 cm³/mol. The van der Waals surface area contributed by atoms with Crippen molar-refractivity contribution in [2.45, 2.75) is 38.2 Å². The van der Waals surface area contributed by atoms with Crippen LogP contribution in [0.3, 0.4) is 0 Å². The Bertz CT molecular complexity index is 393. The number of hydrogen-bond acceptors (Lipinski definition) is 2. The standard InChI is InChI=1S/C14H19ClINO/c15-13-8-11(16)5-6-14(13)17-9-12(18)7-10-3-1-2-4-10/h5-6,8,10,12,17-18H,1-4,7,9H2. The van der Waals surface area contributed by atoms with Gasteiger partial charge in [-0.2, -0.15) is 0 Å². The van der Waals surface area contributed by atoms with Gasteiger partial charge in [0.05, 0.1) is 16.8 Å². The number of nitrogens with one attached hydrogen (secondary N) is 1. The molecule has 1 aliphatic rings. The van der Waals surface area contributed by atoms with E-state index in [0.29, 0.717) is 12.5 Å². The predicted octanol–water partition coefficient (Wildman–Crippen LogP) is 4.30. The van der Waals surface area contributed by atoms with Crippen molar-refractivity contribution in [3.8, 4) is 0 Å². The van der Waals surface area contributed by atoms with Gasteiger partial charge >= 0.3 is 0 Å². The second kappa shape index (κ2) is 6.96. The summed E-state index contributed by atoms with van der Waals surface area (Å²) in [4.78, 5) is 0. The van der Waals surface area contributed by atoms with Crippen LogP contribution in [-0.2, 0) is 0 Å². The molecule has 4 heteroatoms. The van der Waals surface area contributed by atoms with Gasteiger partial charge in [-0.1, -0.05) is 37.3 Å². The molecule has 1 aromatic carbocycles. The quantitative estimate of drug-likeness (QED) is 0.748. The summed E-state index contributed by atoms with van der Waals surface area (Å²) in [5, 5.41) is 14.0. The van der Waals surface area contributed by atoms with E-state index in [2.05, 4.69) is 27.9 Å². The number of benzene rings is 1. The smallest absolute Gasteiger partial charge is 0.0715 e. The first-order valence-electron chi connectivity index (χ1n) is 6.52. The second-order valence-corrected chi connectivity index (χ2v) is 6.70. The molecule has 0 spiro atoms. The fourth-order valence-corrected chi connectivity index (χ4v) is 3.50. The Balaban J connectivity index is 1.79. The number of halogens is 2. The first-order chi connectivity index (χ1) is 8.65. The topological polar surface area (TPSA) is 32.3 Å². The van der Waals surface area contributed by atoms with Gasteiger partial charge in [0.1, 0.15) is 0 Å². The van der Waals surface area contributed by atoms with Crippen molar-refractivity contribution < 1.29 is 5.11 Å². The summed E-state index contributed by atoms with van der Waals surface area (Å²) in [6, 6.07) is 5.90. The van der Waals surface area contributed by atoms with Crippen LogP contribution in [0.5, 0.6) is 0 Å². The molecular weight excluding hydrogens is 361 g/mol. The van der Waals surface area contributed by atoms with E-state index in [-0.39, 0.29) is 6.10 Å². The molecule has 0 heterocycles.